The number of nitrogens with zero attached hydrogens (tertiary/aromatic N) is 2. The summed E-state index contributed by atoms with van der Waals surface area (Å²) in [6.07, 6.45) is 3.31. The fourth-order valence-electron chi connectivity index (χ4n) is 3.09. The minimum atomic E-state index is -0.626. The van der Waals surface area contributed by atoms with Crippen molar-refractivity contribution >= 4 is 17.2 Å². The number of carbonyl (C=O) groups excluding carboxylic acids is 1. The van der Waals surface area contributed by atoms with E-state index in [2.05, 4.69) is 5.32 Å². The third-order valence-corrected chi connectivity index (χ3v) is 4.56. The van der Waals surface area contributed by atoms with Crippen molar-refractivity contribution in [2.75, 3.05) is 5.32 Å². The van der Waals surface area contributed by atoms with Gasteiger partial charge in [0, 0.05) is 18.0 Å². The molecule has 0 radical (unpaired) electrons. The zero-order chi connectivity index (χ0) is 19.5. The zero-order valence-electron chi connectivity index (χ0n) is 15.8. The topological polar surface area (TPSA) is 55.6 Å². The van der Waals surface area contributed by atoms with Gasteiger partial charge in [-0.2, -0.15) is 0 Å². The Morgan fingerprint density at radius 2 is 1.79 bits per heavy atom. The van der Waals surface area contributed by atoms with Gasteiger partial charge in [-0.15, -0.1) is 0 Å². The maximum absolute atomic E-state index is 12.7. The Kier molecular flexibility index (Phi) is 4.81. The Morgan fingerprint density at radius 1 is 1.04 bits per heavy atom. The van der Waals surface area contributed by atoms with Crippen molar-refractivity contribution in [3.63, 3.8) is 0 Å². The summed E-state index contributed by atoms with van der Waals surface area (Å²) in [5.74, 6) is 0.450. The molecule has 0 aliphatic carbocycles. The predicted octanol–water partition coefficient (Wildman–Crippen LogP) is 4.72. The second kappa shape index (κ2) is 7.56. The van der Waals surface area contributed by atoms with E-state index >= 15 is 0 Å². The minimum absolute atomic E-state index is 0.212. The lowest BCUT2D eigenvalue weighted by Crippen LogP contribution is -2.30. The normalized spacial score (nSPS) is 11.9. The molecule has 140 valence electrons. The first-order valence-corrected chi connectivity index (χ1v) is 9.18. The molecule has 0 fully saturated rings. The first kappa shape index (κ1) is 17.8. The van der Waals surface area contributed by atoms with Crippen LogP contribution in [-0.2, 0) is 4.79 Å². The maximum Gasteiger partial charge on any atom is 0.265 e. The summed E-state index contributed by atoms with van der Waals surface area (Å²) >= 11 is 0. The number of para-hydroxylation sites is 2. The number of anilines is 1. The third-order valence-electron chi connectivity index (χ3n) is 4.56. The molecule has 0 aliphatic heterocycles. The highest BCUT2D eigenvalue weighted by Crippen LogP contribution is 2.28. The highest BCUT2D eigenvalue weighted by molar-refractivity contribution is 5.97. The second-order valence-corrected chi connectivity index (χ2v) is 6.66. The number of benzene rings is 2. The van der Waals surface area contributed by atoms with Gasteiger partial charge in [0.1, 0.15) is 11.4 Å². The summed E-state index contributed by atoms with van der Waals surface area (Å²) in [6.45, 7) is 3.77. The van der Waals surface area contributed by atoms with Crippen molar-refractivity contribution in [2.45, 2.75) is 20.0 Å². The van der Waals surface area contributed by atoms with Gasteiger partial charge in [-0.1, -0.05) is 42.5 Å². The molecule has 4 aromatic rings. The summed E-state index contributed by atoms with van der Waals surface area (Å²) < 4.78 is 7.72. The summed E-state index contributed by atoms with van der Waals surface area (Å²) in [5, 5.41) is 2.97. The van der Waals surface area contributed by atoms with E-state index in [0.29, 0.717) is 11.4 Å². The van der Waals surface area contributed by atoms with E-state index in [1.165, 1.54) is 0 Å². The van der Waals surface area contributed by atoms with Crippen LogP contribution in [0.15, 0.2) is 79.1 Å². The van der Waals surface area contributed by atoms with Crippen LogP contribution in [0, 0.1) is 6.92 Å². The SMILES string of the molecule is Cc1cccn2cc(-c3ccccc3NC(=O)C(C)Oc3ccccc3)nc12. The number of imidazole rings is 1. The van der Waals surface area contributed by atoms with Crippen LogP contribution in [0.1, 0.15) is 12.5 Å². The lowest BCUT2D eigenvalue weighted by molar-refractivity contribution is -0.122. The summed E-state index contributed by atoms with van der Waals surface area (Å²) in [4.78, 5) is 17.4. The van der Waals surface area contributed by atoms with Crippen LogP contribution >= 0.6 is 0 Å². The van der Waals surface area contributed by atoms with E-state index in [1.807, 2.05) is 90.4 Å². The van der Waals surface area contributed by atoms with Gasteiger partial charge in [-0.05, 0) is 43.7 Å². The number of aromatic nitrogens is 2. The van der Waals surface area contributed by atoms with Crippen LogP contribution < -0.4 is 10.1 Å². The molecule has 2 aromatic carbocycles. The number of fused-ring (bicyclic) bond motifs is 1. The van der Waals surface area contributed by atoms with E-state index in [9.17, 15) is 4.79 Å². The monoisotopic (exact) mass is 371 g/mol. The Hall–Kier alpha value is -3.60. The van der Waals surface area contributed by atoms with Crippen LogP contribution in [0.25, 0.3) is 16.9 Å². The van der Waals surface area contributed by atoms with Crippen LogP contribution in [-0.4, -0.2) is 21.4 Å². The van der Waals surface area contributed by atoms with Gasteiger partial charge >= 0.3 is 0 Å². The molecule has 1 amide bonds. The smallest absolute Gasteiger partial charge is 0.265 e. The molecular formula is C23H21N3O2. The molecule has 4 rings (SSSR count). The largest absolute Gasteiger partial charge is 0.481 e. The van der Waals surface area contributed by atoms with Crippen LogP contribution in [0.3, 0.4) is 0 Å². The average Bonchev–Trinajstić information content (AvgIpc) is 3.15. The van der Waals surface area contributed by atoms with Crippen LogP contribution in [0.2, 0.25) is 0 Å². The molecule has 5 heteroatoms. The number of ether oxygens (including phenoxy) is 1. The summed E-state index contributed by atoms with van der Waals surface area (Å²) in [6, 6.07) is 21.0. The molecule has 5 nitrogen and oxygen atoms in total. The van der Waals surface area contributed by atoms with Crippen molar-refractivity contribution in [2.24, 2.45) is 0 Å². The van der Waals surface area contributed by atoms with Crippen molar-refractivity contribution in [1.82, 2.24) is 9.38 Å². The van der Waals surface area contributed by atoms with Gasteiger partial charge in [0.2, 0.25) is 0 Å². The Balaban J connectivity index is 1.59. The molecule has 1 unspecified atom stereocenters. The molecule has 0 spiro atoms. The first-order chi connectivity index (χ1) is 13.6. The zero-order valence-corrected chi connectivity index (χ0v) is 15.8. The van der Waals surface area contributed by atoms with Gasteiger partial charge in [-0.25, -0.2) is 4.98 Å². The minimum Gasteiger partial charge on any atom is -0.481 e. The van der Waals surface area contributed by atoms with E-state index in [0.717, 1.165) is 22.5 Å². The standard InChI is InChI=1S/C23H21N3O2/c1-16-9-8-14-26-15-21(24-22(16)26)19-12-6-7-13-20(19)25-23(27)17(2)28-18-10-4-3-5-11-18/h3-15,17H,1-2H3,(H,25,27). The first-order valence-electron chi connectivity index (χ1n) is 9.18. The number of pyridine rings is 1. The molecule has 0 saturated carbocycles. The maximum atomic E-state index is 12.7. The quantitative estimate of drug-likeness (QED) is 0.552. The van der Waals surface area contributed by atoms with E-state index in [4.69, 9.17) is 9.72 Å². The molecule has 2 aromatic heterocycles. The molecule has 1 atom stereocenters. The highest BCUT2D eigenvalue weighted by atomic mass is 16.5. The Morgan fingerprint density at radius 3 is 2.57 bits per heavy atom. The van der Waals surface area contributed by atoms with E-state index in [-0.39, 0.29) is 5.91 Å². The molecule has 0 bridgehead atoms. The second-order valence-electron chi connectivity index (χ2n) is 6.66. The lowest BCUT2D eigenvalue weighted by Gasteiger charge is -2.16. The number of hydrogen-bond acceptors (Lipinski definition) is 3. The van der Waals surface area contributed by atoms with Gasteiger partial charge in [0.05, 0.1) is 11.4 Å². The highest BCUT2D eigenvalue weighted by Gasteiger charge is 2.17. The van der Waals surface area contributed by atoms with Crippen molar-refractivity contribution in [3.8, 4) is 17.0 Å². The van der Waals surface area contributed by atoms with Gasteiger partial charge in [0.15, 0.2) is 6.10 Å². The molecule has 0 saturated heterocycles. The fourth-order valence-corrected chi connectivity index (χ4v) is 3.09. The predicted molar refractivity (Wildman–Crippen MR) is 111 cm³/mol. The molecule has 0 aliphatic rings. The molecule has 1 N–H and O–H groups in total. The lowest BCUT2D eigenvalue weighted by atomic mass is 10.1. The fraction of sp³-hybridized carbons (Fsp3) is 0.130. The number of carbonyl (C=O) groups is 1. The number of rotatable bonds is 5. The van der Waals surface area contributed by atoms with Crippen LogP contribution in [0.5, 0.6) is 5.75 Å². The number of nitrogens with one attached hydrogen (secondary N) is 1. The molecular weight excluding hydrogens is 350 g/mol. The van der Waals surface area contributed by atoms with Gasteiger partial charge < -0.3 is 14.5 Å². The Bertz CT molecular complexity index is 1120. The third kappa shape index (κ3) is 3.60. The summed E-state index contributed by atoms with van der Waals surface area (Å²) in [5.41, 5.74) is 4.38. The molecule has 28 heavy (non-hydrogen) atoms. The van der Waals surface area contributed by atoms with Gasteiger partial charge in [-0.3, -0.25) is 4.79 Å². The van der Waals surface area contributed by atoms with Crippen molar-refractivity contribution < 1.29 is 9.53 Å². The summed E-state index contributed by atoms with van der Waals surface area (Å²) in [7, 11) is 0. The van der Waals surface area contributed by atoms with Crippen molar-refractivity contribution in [3.05, 3.63) is 84.7 Å². The van der Waals surface area contributed by atoms with Crippen LogP contribution in [0.4, 0.5) is 5.69 Å². The van der Waals surface area contributed by atoms with E-state index in [1.54, 1.807) is 6.92 Å². The van der Waals surface area contributed by atoms with Crippen molar-refractivity contribution in [1.29, 1.82) is 0 Å². The number of hydrogen-bond donors (Lipinski definition) is 1. The van der Waals surface area contributed by atoms with Gasteiger partial charge in [0.25, 0.3) is 5.91 Å². The number of amides is 1. The average molecular weight is 371 g/mol. The number of aryl methyl sites for hydroxylation is 1. The Labute approximate surface area is 163 Å². The molecule has 2 heterocycles. The van der Waals surface area contributed by atoms with E-state index < -0.39 is 6.10 Å².